The number of hydrogen-bond donors (Lipinski definition) is 1. The van der Waals surface area contributed by atoms with E-state index in [-0.39, 0.29) is 24.1 Å². The van der Waals surface area contributed by atoms with E-state index in [1.165, 1.54) is 0 Å². The van der Waals surface area contributed by atoms with Gasteiger partial charge in [0.1, 0.15) is 17.0 Å². The summed E-state index contributed by atoms with van der Waals surface area (Å²) in [5.74, 6) is 1.09. The third-order valence-corrected chi connectivity index (χ3v) is 5.75. The normalized spacial score (nSPS) is 16.3. The Morgan fingerprint density at radius 1 is 1.14 bits per heavy atom. The number of carbonyl (C=O) groups excluding carboxylic acids is 2. The predicted octanol–water partition coefficient (Wildman–Crippen LogP) is 3.92. The van der Waals surface area contributed by atoms with Crippen LogP contribution in [0.2, 0.25) is 0 Å². The average Bonchev–Trinajstić information content (AvgIpc) is 3.16. The van der Waals surface area contributed by atoms with Gasteiger partial charge in [0.25, 0.3) is 5.91 Å². The molecular weight excluding hydrogens is 474 g/mol. The minimum absolute atomic E-state index is 0.0501. The molecule has 4 heterocycles. The molecule has 0 spiro atoms. The number of piperazine rings is 1. The molecule has 11 nitrogen and oxygen atoms in total. The van der Waals surface area contributed by atoms with Gasteiger partial charge in [-0.1, -0.05) is 0 Å². The lowest BCUT2D eigenvalue weighted by molar-refractivity contribution is 0.0158. The van der Waals surface area contributed by atoms with Gasteiger partial charge >= 0.3 is 6.09 Å². The zero-order valence-electron chi connectivity index (χ0n) is 22.5. The molecule has 3 aromatic heterocycles. The van der Waals surface area contributed by atoms with Crippen LogP contribution >= 0.6 is 0 Å². The predicted molar refractivity (Wildman–Crippen MR) is 140 cm³/mol. The van der Waals surface area contributed by atoms with Crippen LogP contribution in [0.25, 0.3) is 5.65 Å². The molecule has 0 aliphatic carbocycles. The number of amides is 2. The molecule has 0 saturated carbocycles. The fourth-order valence-corrected chi connectivity index (χ4v) is 4.17. The van der Waals surface area contributed by atoms with Crippen LogP contribution in [0.5, 0.6) is 5.75 Å². The van der Waals surface area contributed by atoms with Crippen LogP contribution in [0.15, 0.2) is 30.6 Å². The lowest BCUT2D eigenvalue weighted by Gasteiger charge is -2.40. The summed E-state index contributed by atoms with van der Waals surface area (Å²) < 4.78 is 13.2. The number of hydrogen-bond acceptors (Lipinski definition) is 8. The number of rotatable bonds is 5. The van der Waals surface area contributed by atoms with Gasteiger partial charge in [-0.3, -0.25) is 4.79 Å². The number of nitrogens with one attached hydrogen (secondary N) is 1. The van der Waals surface area contributed by atoms with E-state index in [2.05, 4.69) is 25.4 Å². The first-order valence-corrected chi connectivity index (χ1v) is 12.5. The van der Waals surface area contributed by atoms with E-state index in [9.17, 15) is 9.59 Å². The molecule has 198 valence electrons. The maximum absolute atomic E-state index is 13.1. The Bertz CT molecular complexity index is 1280. The smallest absolute Gasteiger partial charge is 0.410 e. The van der Waals surface area contributed by atoms with Crippen LogP contribution in [0.4, 0.5) is 16.4 Å². The second-order valence-electron chi connectivity index (χ2n) is 10.6. The first kappa shape index (κ1) is 26.2. The Morgan fingerprint density at radius 3 is 2.51 bits per heavy atom. The number of ether oxygens (including phenoxy) is 2. The number of carbonyl (C=O) groups is 2. The molecule has 1 fully saturated rings. The van der Waals surface area contributed by atoms with Crippen LogP contribution in [-0.4, -0.2) is 73.9 Å². The molecule has 1 atom stereocenters. The Balaban J connectivity index is 1.44. The average molecular weight is 510 g/mol. The number of imidazole rings is 1. The van der Waals surface area contributed by atoms with Crippen LogP contribution < -0.4 is 15.0 Å². The summed E-state index contributed by atoms with van der Waals surface area (Å²) in [6.45, 7) is 15.0. The highest BCUT2D eigenvalue weighted by Gasteiger charge is 2.31. The highest BCUT2D eigenvalue weighted by Crippen LogP contribution is 2.24. The number of aryl methyl sites for hydroxylation is 1. The van der Waals surface area contributed by atoms with Crippen LogP contribution in [0, 0.1) is 6.92 Å². The van der Waals surface area contributed by atoms with Crippen molar-refractivity contribution in [3.63, 3.8) is 0 Å². The molecule has 4 rings (SSSR count). The standard InChI is InChI=1S/C26H35N7O4/c1-16(2)36-20-12-23-27-17(3)13-32(23)15-19(20)24(34)28-21-8-9-22(30-29-21)31-10-11-33(18(4)14-31)25(35)37-26(5,6)7/h8-9,12-13,15-16,18H,10-11,14H2,1-7H3,(H,28,29,34)/t18-/m0/s1. The zero-order valence-corrected chi connectivity index (χ0v) is 22.5. The zero-order chi connectivity index (χ0) is 26.9. The van der Waals surface area contributed by atoms with Gasteiger partial charge in [-0.2, -0.15) is 0 Å². The van der Waals surface area contributed by atoms with Crippen molar-refractivity contribution in [3.05, 3.63) is 41.9 Å². The summed E-state index contributed by atoms with van der Waals surface area (Å²) in [4.78, 5) is 33.9. The van der Waals surface area contributed by atoms with E-state index in [1.54, 1.807) is 27.6 Å². The van der Waals surface area contributed by atoms with E-state index in [0.717, 1.165) is 5.69 Å². The van der Waals surface area contributed by atoms with Crippen molar-refractivity contribution < 1.29 is 19.1 Å². The Labute approximate surface area is 216 Å². The Hall–Kier alpha value is -3.89. The first-order valence-electron chi connectivity index (χ1n) is 12.5. The number of anilines is 2. The van der Waals surface area contributed by atoms with Gasteiger partial charge in [-0.05, 0) is 60.6 Å². The number of fused-ring (bicyclic) bond motifs is 1. The van der Waals surface area contributed by atoms with Gasteiger partial charge in [-0.15, -0.1) is 10.2 Å². The SMILES string of the molecule is Cc1cn2cc(C(=O)Nc3ccc(N4CCN(C(=O)OC(C)(C)C)[C@@H](C)C4)nn3)c(OC(C)C)cc2n1. The van der Waals surface area contributed by atoms with Crippen molar-refractivity contribution in [2.24, 2.45) is 0 Å². The molecule has 0 unspecified atom stereocenters. The third-order valence-electron chi connectivity index (χ3n) is 5.75. The maximum atomic E-state index is 13.1. The highest BCUT2D eigenvalue weighted by atomic mass is 16.6. The second kappa shape index (κ2) is 10.2. The van der Waals surface area contributed by atoms with Gasteiger partial charge in [0.15, 0.2) is 11.6 Å². The molecule has 37 heavy (non-hydrogen) atoms. The van der Waals surface area contributed by atoms with E-state index < -0.39 is 5.60 Å². The summed E-state index contributed by atoms with van der Waals surface area (Å²) in [6.07, 6.45) is 3.13. The summed E-state index contributed by atoms with van der Waals surface area (Å²) in [5.41, 5.74) is 1.38. The van der Waals surface area contributed by atoms with E-state index in [1.807, 2.05) is 60.7 Å². The quantitative estimate of drug-likeness (QED) is 0.551. The molecule has 1 saturated heterocycles. The Kier molecular flexibility index (Phi) is 7.24. The van der Waals surface area contributed by atoms with Gasteiger partial charge in [0.05, 0.1) is 17.4 Å². The van der Waals surface area contributed by atoms with Crippen LogP contribution in [0.1, 0.15) is 57.6 Å². The summed E-state index contributed by atoms with van der Waals surface area (Å²) in [6, 6.07) is 5.24. The lowest BCUT2D eigenvalue weighted by Crippen LogP contribution is -2.55. The monoisotopic (exact) mass is 509 g/mol. The highest BCUT2D eigenvalue weighted by molar-refractivity contribution is 6.05. The largest absolute Gasteiger partial charge is 0.490 e. The minimum atomic E-state index is -0.537. The van der Waals surface area contributed by atoms with Gasteiger partial charge in [-0.25, -0.2) is 9.78 Å². The van der Waals surface area contributed by atoms with Crippen LogP contribution in [0.3, 0.4) is 0 Å². The van der Waals surface area contributed by atoms with E-state index in [0.29, 0.717) is 48.2 Å². The fourth-order valence-electron chi connectivity index (χ4n) is 4.17. The van der Waals surface area contributed by atoms with E-state index in [4.69, 9.17) is 9.47 Å². The molecule has 1 aliphatic heterocycles. The Morgan fingerprint density at radius 2 is 1.89 bits per heavy atom. The van der Waals surface area contributed by atoms with Gasteiger partial charge in [0.2, 0.25) is 0 Å². The molecule has 0 aromatic carbocycles. The van der Waals surface area contributed by atoms with Crippen LogP contribution in [-0.2, 0) is 4.74 Å². The molecule has 0 bridgehead atoms. The van der Waals surface area contributed by atoms with Crippen molar-refractivity contribution in [1.29, 1.82) is 0 Å². The third kappa shape index (κ3) is 6.28. The summed E-state index contributed by atoms with van der Waals surface area (Å²) in [5, 5.41) is 11.3. The number of aromatic nitrogens is 4. The molecule has 2 amide bonds. The van der Waals surface area contributed by atoms with Crippen molar-refractivity contribution in [1.82, 2.24) is 24.5 Å². The summed E-state index contributed by atoms with van der Waals surface area (Å²) in [7, 11) is 0. The second-order valence-corrected chi connectivity index (χ2v) is 10.6. The summed E-state index contributed by atoms with van der Waals surface area (Å²) >= 11 is 0. The topological polar surface area (TPSA) is 114 Å². The number of nitrogens with zero attached hydrogens (tertiary/aromatic N) is 6. The molecule has 0 radical (unpaired) electrons. The van der Waals surface area contributed by atoms with Gasteiger partial charge in [0, 0.05) is 44.1 Å². The molecule has 3 aromatic rings. The lowest BCUT2D eigenvalue weighted by atomic mass is 10.2. The molecule has 1 N–H and O–H groups in total. The first-order chi connectivity index (χ1) is 17.4. The van der Waals surface area contributed by atoms with Crippen molar-refractivity contribution in [2.75, 3.05) is 29.9 Å². The van der Waals surface area contributed by atoms with E-state index >= 15 is 0 Å². The van der Waals surface area contributed by atoms with Crippen molar-refractivity contribution in [3.8, 4) is 5.75 Å². The maximum Gasteiger partial charge on any atom is 0.410 e. The van der Waals surface area contributed by atoms with Crippen molar-refractivity contribution in [2.45, 2.75) is 66.2 Å². The minimum Gasteiger partial charge on any atom is -0.490 e. The molecule has 11 heteroatoms. The number of pyridine rings is 1. The van der Waals surface area contributed by atoms with Crippen molar-refractivity contribution >= 4 is 29.3 Å². The van der Waals surface area contributed by atoms with Gasteiger partial charge < -0.3 is 29.0 Å². The molecular formula is C26H35N7O4. The fraction of sp³-hybridized carbons (Fsp3) is 0.500. The molecule has 1 aliphatic rings.